The van der Waals surface area contributed by atoms with Gasteiger partial charge in [-0.1, -0.05) is 307 Å². The summed E-state index contributed by atoms with van der Waals surface area (Å²) in [6, 6.07) is -0.894. The molecule has 0 aliphatic rings. The molecule has 80 heavy (non-hydrogen) atoms. The summed E-state index contributed by atoms with van der Waals surface area (Å²) in [6.45, 7) is 6.77. The number of nitrogens with one attached hydrogen (secondary N) is 1. The van der Waals surface area contributed by atoms with Gasteiger partial charge < -0.3 is 28.5 Å². The standard InChI is InChI=1S/C70H133N2O7P/c1-7-10-13-16-19-22-25-28-30-32-33-34-35-36-37-38-39-40-42-45-48-51-54-57-60-63-70(74)79-68(61-58-55-52-49-46-43-27-24-21-18-15-12-9-3)67(66-78-80(75,76)77-65-64-72(4,5)6)71-69(73)62-59-56-53-50-47-44-41-31-29-26-23-20-17-14-11-8-2/h11,14,20,23,29,31,58,61,67-68H,7-10,12-13,15-19,21-22,24-28,30,32-57,59-60,62-66H2,1-6H3,(H-,71,73,75,76)/b14-11+,23-20+,31-29+,61-58-. The Balaban J connectivity index is 5.07. The van der Waals surface area contributed by atoms with E-state index in [4.69, 9.17) is 13.8 Å². The van der Waals surface area contributed by atoms with Crippen molar-refractivity contribution in [1.82, 2.24) is 5.32 Å². The molecule has 0 bridgehead atoms. The minimum Gasteiger partial charge on any atom is -0.756 e. The number of allylic oxidation sites excluding steroid dienone is 7. The van der Waals surface area contributed by atoms with Gasteiger partial charge in [-0.05, 0) is 63.9 Å². The van der Waals surface area contributed by atoms with E-state index in [1.54, 1.807) is 0 Å². The Morgan fingerprint density at radius 1 is 0.450 bits per heavy atom. The summed E-state index contributed by atoms with van der Waals surface area (Å²) >= 11 is 0. The molecule has 1 N–H and O–H groups in total. The summed E-state index contributed by atoms with van der Waals surface area (Å²) in [7, 11) is 1.19. The minimum absolute atomic E-state index is 0.0239. The molecule has 9 nitrogen and oxygen atoms in total. The average Bonchev–Trinajstić information content (AvgIpc) is 3.42. The van der Waals surface area contributed by atoms with Crippen LogP contribution in [0.15, 0.2) is 48.6 Å². The van der Waals surface area contributed by atoms with Crippen molar-refractivity contribution < 1.29 is 37.3 Å². The van der Waals surface area contributed by atoms with E-state index in [1.807, 2.05) is 33.3 Å². The summed E-state index contributed by atoms with van der Waals surface area (Å²) in [5.74, 6) is -0.541. The normalized spacial score (nSPS) is 13.8. The molecule has 0 saturated heterocycles. The van der Waals surface area contributed by atoms with Crippen LogP contribution in [0.2, 0.25) is 0 Å². The van der Waals surface area contributed by atoms with Crippen LogP contribution in [0, 0.1) is 0 Å². The number of quaternary nitrogens is 1. The highest BCUT2D eigenvalue weighted by Gasteiger charge is 2.27. The van der Waals surface area contributed by atoms with E-state index in [-0.39, 0.29) is 24.9 Å². The van der Waals surface area contributed by atoms with Crippen molar-refractivity contribution in [3.8, 4) is 0 Å². The van der Waals surface area contributed by atoms with E-state index in [2.05, 4.69) is 62.5 Å². The van der Waals surface area contributed by atoms with Gasteiger partial charge in [0.15, 0.2) is 0 Å². The summed E-state index contributed by atoms with van der Waals surface area (Å²) in [5.41, 5.74) is 0. The van der Waals surface area contributed by atoms with Crippen molar-refractivity contribution in [3.63, 3.8) is 0 Å². The summed E-state index contributed by atoms with van der Waals surface area (Å²) in [4.78, 5) is 40.1. The van der Waals surface area contributed by atoms with Crippen LogP contribution in [0.25, 0.3) is 0 Å². The van der Waals surface area contributed by atoms with Crippen LogP contribution in [-0.2, 0) is 27.9 Å². The van der Waals surface area contributed by atoms with Crippen molar-refractivity contribution in [2.45, 2.75) is 348 Å². The van der Waals surface area contributed by atoms with E-state index < -0.39 is 26.6 Å². The number of ether oxygens (including phenoxy) is 1. The van der Waals surface area contributed by atoms with Crippen LogP contribution in [0.1, 0.15) is 335 Å². The van der Waals surface area contributed by atoms with Gasteiger partial charge in [0.25, 0.3) is 7.82 Å². The van der Waals surface area contributed by atoms with Gasteiger partial charge >= 0.3 is 5.97 Å². The number of rotatable bonds is 63. The third kappa shape index (κ3) is 60.6. The lowest BCUT2D eigenvalue weighted by Crippen LogP contribution is -2.47. The fraction of sp³-hybridized carbons (Fsp3) is 0.857. The summed E-state index contributed by atoms with van der Waals surface area (Å²) < 4.78 is 30.4. The molecule has 3 unspecified atom stereocenters. The molecule has 0 aromatic heterocycles. The van der Waals surface area contributed by atoms with E-state index >= 15 is 0 Å². The van der Waals surface area contributed by atoms with Gasteiger partial charge in [-0.3, -0.25) is 14.2 Å². The number of carbonyl (C=O) groups excluding carboxylic acids is 2. The lowest BCUT2D eigenvalue weighted by Gasteiger charge is -2.30. The van der Waals surface area contributed by atoms with Crippen LogP contribution in [0.3, 0.4) is 0 Å². The van der Waals surface area contributed by atoms with Crippen molar-refractivity contribution in [2.75, 3.05) is 40.9 Å². The second kappa shape index (κ2) is 60.1. The van der Waals surface area contributed by atoms with E-state index in [9.17, 15) is 19.0 Å². The zero-order valence-corrected chi connectivity index (χ0v) is 54.7. The maximum Gasteiger partial charge on any atom is 0.306 e. The van der Waals surface area contributed by atoms with Crippen LogP contribution in [-0.4, -0.2) is 69.4 Å². The molecule has 470 valence electrons. The highest BCUT2D eigenvalue weighted by atomic mass is 31.2. The maximum absolute atomic E-state index is 13.6. The number of carbonyl (C=O) groups is 2. The Labute approximate surface area is 497 Å². The first-order chi connectivity index (χ1) is 38.9. The van der Waals surface area contributed by atoms with Gasteiger partial charge in [0.05, 0.1) is 33.8 Å². The molecule has 10 heteroatoms. The Bertz CT molecular complexity index is 1510. The van der Waals surface area contributed by atoms with Crippen molar-refractivity contribution in [1.29, 1.82) is 0 Å². The minimum atomic E-state index is -4.70. The number of esters is 1. The second-order valence-corrected chi connectivity index (χ2v) is 26.1. The fourth-order valence-corrected chi connectivity index (χ4v) is 11.0. The molecule has 3 atom stereocenters. The Morgan fingerprint density at radius 3 is 1.20 bits per heavy atom. The number of phosphoric acid groups is 1. The lowest BCUT2D eigenvalue weighted by molar-refractivity contribution is -0.870. The van der Waals surface area contributed by atoms with E-state index in [1.165, 1.54) is 199 Å². The monoisotopic (exact) mass is 1140 g/mol. The highest BCUT2D eigenvalue weighted by Crippen LogP contribution is 2.38. The summed E-state index contributed by atoms with van der Waals surface area (Å²) in [6.07, 6.45) is 75.2. The zero-order valence-electron chi connectivity index (χ0n) is 53.8. The molecule has 0 radical (unpaired) electrons. The Hall–Kier alpha value is -2.03. The first-order valence-corrected chi connectivity index (χ1v) is 35.9. The number of amides is 1. The molecule has 0 saturated carbocycles. The second-order valence-electron chi connectivity index (χ2n) is 24.7. The quantitative estimate of drug-likeness (QED) is 0.0212. The van der Waals surface area contributed by atoms with Gasteiger partial charge in [0.1, 0.15) is 19.3 Å². The van der Waals surface area contributed by atoms with E-state index in [0.717, 1.165) is 103 Å². The number of hydrogen-bond donors (Lipinski definition) is 1. The smallest absolute Gasteiger partial charge is 0.306 e. The number of hydrogen-bond acceptors (Lipinski definition) is 7. The molecule has 0 aliphatic heterocycles. The molecule has 0 fully saturated rings. The number of likely N-dealkylation sites (N-methyl/N-ethyl adjacent to an activating group) is 1. The molecular formula is C70H133N2O7P. The number of unbranched alkanes of at least 4 members (excludes halogenated alkanes) is 41. The largest absolute Gasteiger partial charge is 0.756 e. The Morgan fingerprint density at radius 2 is 0.800 bits per heavy atom. The molecule has 0 heterocycles. The molecule has 0 spiro atoms. The maximum atomic E-state index is 13.6. The van der Waals surface area contributed by atoms with Crippen LogP contribution < -0.4 is 10.2 Å². The van der Waals surface area contributed by atoms with Gasteiger partial charge in [-0.15, -0.1) is 0 Å². The van der Waals surface area contributed by atoms with E-state index in [0.29, 0.717) is 17.4 Å². The molecule has 0 rings (SSSR count). The third-order valence-electron chi connectivity index (χ3n) is 15.5. The van der Waals surface area contributed by atoms with Crippen LogP contribution in [0.4, 0.5) is 0 Å². The molecule has 1 amide bonds. The Kier molecular flexibility index (Phi) is 58.6. The van der Waals surface area contributed by atoms with Crippen molar-refractivity contribution >= 4 is 19.7 Å². The van der Waals surface area contributed by atoms with Crippen molar-refractivity contribution in [2.24, 2.45) is 0 Å². The van der Waals surface area contributed by atoms with Crippen LogP contribution >= 0.6 is 7.82 Å². The fourth-order valence-electron chi connectivity index (χ4n) is 10.2. The number of nitrogens with zero attached hydrogens (tertiary/aromatic N) is 1. The van der Waals surface area contributed by atoms with Crippen LogP contribution in [0.5, 0.6) is 0 Å². The lowest BCUT2D eigenvalue weighted by atomic mass is 10.0. The summed E-state index contributed by atoms with van der Waals surface area (Å²) in [5, 5.41) is 3.03. The first-order valence-electron chi connectivity index (χ1n) is 34.4. The third-order valence-corrected chi connectivity index (χ3v) is 16.5. The molecule has 0 aromatic rings. The van der Waals surface area contributed by atoms with Gasteiger partial charge in [0, 0.05) is 12.8 Å². The zero-order chi connectivity index (χ0) is 58.6. The van der Waals surface area contributed by atoms with Gasteiger partial charge in [-0.25, -0.2) is 0 Å². The topological polar surface area (TPSA) is 114 Å². The first kappa shape index (κ1) is 78.0. The van der Waals surface area contributed by atoms with Gasteiger partial charge in [0.2, 0.25) is 5.91 Å². The number of phosphoric ester groups is 1. The molecule has 0 aliphatic carbocycles. The SMILES string of the molecule is CC/C=C/C/C=C/C/C=C/CCCCCCCCC(=O)NC(COP(=O)([O-])OCC[N+](C)(C)C)C(/C=C\CCCCCCCCCCCCC)OC(=O)CCCCCCCCCCCCCCCCCCCCCCCCCCC. The van der Waals surface area contributed by atoms with Crippen molar-refractivity contribution in [3.05, 3.63) is 48.6 Å². The molecule has 0 aromatic carbocycles. The predicted molar refractivity (Wildman–Crippen MR) is 344 cm³/mol. The van der Waals surface area contributed by atoms with Gasteiger partial charge in [-0.2, -0.15) is 0 Å². The molecular weight excluding hydrogens is 1010 g/mol. The predicted octanol–water partition coefficient (Wildman–Crippen LogP) is 21.0. The highest BCUT2D eigenvalue weighted by molar-refractivity contribution is 7.45. The average molecular weight is 1150 g/mol.